The van der Waals surface area contributed by atoms with Crippen molar-refractivity contribution in [3.63, 3.8) is 0 Å². The number of primary amides is 1. The standard InChI is InChI=1S/C22H23N5O2/c1-13-6-7-17(14(2)8-13)11-26-22(29)16-5-3-4-15(9-16)10-18-12-25-20(23)19(27-18)21(24)28/h3-9,12H,10-11H2,1-2H3,(H2,23,25)(H2,24,28)(H,26,29). The van der Waals surface area contributed by atoms with Gasteiger partial charge < -0.3 is 16.8 Å². The number of amides is 2. The van der Waals surface area contributed by atoms with Crippen molar-refractivity contribution >= 4 is 17.6 Å². The van der Waals surface area contributed by atoms with Crippen LogP contribution >= 0.6 is 0 Å². The maximum absolute atomic E-state index is 12.6. The van der Waals surface area contributed by atoms with Crippen molar-refractivity contribution in [2.75, 3.05) is 5.73 Å². The molecule has 0 saturated carbocycles. The van der Waals surface area contributed by atoms with E-state index in [0.29, 0.717) is 24.2 Å². The molecule has 0 aliphatic heterocycles. The lowest BCUT2D eigenvalue weighted by molar-refractivity contribution is 0.0949. The molecule has 1 heterocycles. The van der Waals surface area contributed by atoms with Crippen LogP contribution in [0.15, 0.2) is 48.7 Å². The van der Waals surface area contributed by atoms with E-state index in [9.17, 15) is 9.59 Å². The van der Waals surface area contributed by atoms with Gasteiger partial charge in [-0.3, -0.25) is 9.59 Å². The summed E-state index contributed by atoms with van der Waals surface area (Å²) in [5, 5.41) is 2.95. The van der Waals surface area contributed by atoms with Gasteiger partial charge in [-0.2, -0.15) is 0 Å². The molecule has 7 nitrogen and oxygen atoms in total. The van der Waals surface area contributed by atoms with E-state index in [1.54, 1.807) is 18.2 Å². The number of hydrogen-bond acceptors (Lipinski definition) is 5. The minimum absolute atomic E-state index is 0.000720. The summed E-state index contributed by atoms with van der Waals surface area (Å²) >= 11 is 0. The van der Waals surface area contributed by atoms with E-state index >= 15 is 0 Å². The molecule has 5 N–H and O–H groups in total. The first kappa shape index (κ1) is 20.0. The van der Waals surface area contributed by atoms with Crippen molar-refractivity contribution < 1.29 is 9.59 Å². The molecular formula is C22H23N5O2. The fraction of sp³-hybridized carbons (Fsp3) is 0.182. The number of benzene rings is 2. The summed E-state index contributed by atoms with van der Waals surface area (Å²) in [5.74, 6) is -0.884. The minimum atomic E-state index is -0.726. The number of nitrogens with one attached hydrogen (secondary N) is 1. The molecule has 0 aliphatic carbocycles. The Kier molecular flexibility index (Phi) is 5.87. The molecule has 0 fully saturated rings. The predicted octanol–water partition coefficient (Wildman–Crippen LogP) is 2.30. The number of nitrogens with zero attached hydrogens (tertiary/aromatic N) is 2. The number of hydrogen-bond donors (Lipinski definition) is 3. The van der Waals surface area contributed by atoms with Crippen LogP contribution in [-0.2, 0) is 13.0 Å². The molecule has 0 aliphatic rings. The van der Waals surface area contributed by atoms with Gasteiger partial charge in [0.2, 0.25) is 0 Å². The molecule has 1 aromatic heterocycles. The van der Waals surface area contributed by atoms with Gasteiger partial charge in [0.05, 0.1) is 11.9 Å². The van der Waals surface area contributed by atoms with Crippen LogP contribution in [0.4, 0.5) is 5.82 Å². The van der Waals surface area contributed by atoms with Crippen molar-refractivity contribution in [1.29, 1.82) is 0 Å². The highest BCUT2D eigenvalue weighted by molar-refractivity contribution is 5.95. The molecule has 2 amide bonds. The molecule has 7 heteroatoms. The van der Waals surface area contributed by atoms with E-state index in [1.807, 2.05) is 32.0 Å². The molecular weight excluding hydrogens is 366 g/mol. The third-order valence-corrected chi connectivity index (χ3v) is 4.60. The van der Waals surface area contributed by atoms with E-state index in [4.69, 9.17) is 11.5 Å². The third kappa shape index (κ3) is 4.95. The lowest BCUT2D eigenvalue weighted by atomic mass is 10.0. The highest BCUT2D eigenvalue weighted by atomic mass is 16.2. The molecule has 3 aromatic rings. The Morgan fingerprint density at radius 2 is 1.90 bits per heavy atom. The Labute approximate surface area is 169 Å². The monoisotopic (exact) mass is 389 g/mol. The number of aryl methyl sites for hydroxylation is 2. The fourth-order valence-corrected chi connectivity index (χ4v) is 3.05. The number of aromatic nitrogens is 2. The molecule has 29 heavy (non-hydrogen) atoms. The molecule has 0 unspecified atom stereocenters. The SMILES string of the molecule is Cc1ccc(CNC(=O)c2cccc(Cc3cnc(N)c(C(N)=O)n3)c2)c(C)c1. The lowest BCUT2D eigenvalue weighted by Gasteiger charge is -2.10. The number of carbonyl (C=O) groups excluding carboxylic acids is 2. The van der Waals surface area contributed by atoms with Crippen LogP contribution in [0, 0.1) is 13.8 Å². The number of carbonyl (C=O) groups is 2. The van der Waals surface area contributed by atoms with Gasteiger partial charge in [-0.25, -0.2) is 9.97 Å². The number of nitrogens with two attached hydrogens (primary N) is 2. The number of rotatable bonds is 6. The molecule has 0 radical (unpaired) electrons. The van der Waals surface area contributed by atoms with Gasteiger partial charge in [-0.15, -0.1) is 0 Å². The maximum Gasteiger partial charge on any atom is 0.271 e. The normalized spacial score (nSPS) is 10.6. The summed E-state index contributed by atoms with van der Waals surface area (Å²) in [6, 6.07) is 13.4. The van der Waals surface area contributed by atoms with Crippen molar-refractivity contribution in [3.8, 4) is 0 Å². The zero-order valence-electron chi connectivity index (χ0n) is 16.4. The largest absolute Gasteiger partial charge is 0.382 e. The molecule has 2 aromatic carbocycles. The summed E-state index contributed by atoms with van der Waals surface area (Å²) in [5.41, 5.74) is 16.2. The van der Waals surface area contributed by atoms with Crippen molar-refractivity contribution in [1.82, 2.24) is 15.3 Å². The van der Waals surface area contributed by atoms with Crippen molar-refractivity contribution in [2.24, 2.45) is 5.73 Å². The second-order valence-electron chi connectivity index (χ2n) is 6.95. The maximum atomic E-state index is 12.6. The van der Waals surface area contributed by atoms with Crippen molar-refractivity contribution in [3.05, 3.63) is 87.9 Å². The van der Waals surface area contributed by atoms with Crippen LogP contribution < -0.4 is 16.8 Å². The zero-order valence-corrected chi connectivity index (χ0v) is 16.4. The first-order valence-electron chi connectivity index (χ1n) is 9.18. The first-order chi connectivity index (χ1) is 13.8. The van der Waals surface area contributed by atoms with Crippen LogP contribution in [-0.4, -0.2) is 21.8 Å². The van der Waals surface area contributed by atoms with Gasteiger partial charge in [-0.1, -0.05) is 35.9 Å². The third-order valence-electron chi connectivity index (χ3n) is 4.60. The number of nitrogen functional groups attached to an aromatic ring is 1. The Morgan fingerprint density at radius 3 is 2.62 bits per heavy atom. The van der Waals surface area contributed by atoms with E-state index in [0.717, 1.165) is 16.7 Å². The topological polar surface area (TPSA) is 124 Å². The van der Waals surface area contributed by atoms with Crippen LogP contribution in [0.3, 0.4) is 0 Å². The first-order valence-corrected chi connectivity index (χ1v) is 9.18. The summed E-state index contributed by atoms with van der Waals surface area (Å²) in [4.78, 5) is 32.1. The fourth-order valence-electron chi connectivity index (χ4n) is 3.05. The van der Waals surface area contributed by atoms with Gasteiger partial charge in [0.25, 0.3) is 11.8 Å². The molecule has 0 saturated heterocycles. The average Bonchev–Trinajstić information content (AvgIpc) is 2.68. The Hall–Kier alpha value is -3.74. The lowest BCUT2D eigenvalue weighted by Crippen LogP contribution is -2.23. The molecule has 3 rings (SSSR count). The molecule has 148 valence electrons. The Morgan fingerprint density at radius 1 is 1.10 bits per heavy atom. The van der Waals surface area contributed by atoms with Crippen molar-refractivity contribution in [2.45, 2.75) is 26.8 Å². The number of anilines is 1. The Balaban J connectivity index is 1.71. The van der Waals surface area contributed by atoms with Gasteiger partial charge in [0, 0.05) is 18.5 Å². The van der Waals surface area contributed by atoms with Crippen LogP contribution in [0.2, 0.25) is 0 Å². The smallest absolute Gasteiger partial charge is 0.271 e. The van der Waals surface area contributed by atoms with E-state index in [2.05, 4.69) is 21.4 Å². The second-order valence-corrected chi connectivity index (χ2v) is 6.95. The molecule has 0 spiro atoms. The van der Waals surface area contributed by atoms with Gasteiger partial charge in [0.15, 0.2) is 11.5 Å². The molecule has 0 bridgehead atoms. The predicted molar refractivity (Wildman–Crippen MR) is 111 cm³/mol. The van der Waals surface area contributed by atoms with E-state index in [1.165, 1.54) is 11.8 Å². The highest BCUT2D eigenvalue weighted by Crippen LogP contribution is 2.14. The van der Waals surface area contributed by atoms with E-state index < -0.39 is 5.91 Å². The second kappa shape index (κ2) is 8.52. The minimum Gasteiger partial charge on any atom is -0.382 e. The van der Waals surface area contributed by atoms with E-state index in [-0.39, 0.29) is 17.4 Å². The average molecular weight is 389 g/mol. The van der Waals surface area contributed by atoms with Crippen LogP contribution in [0.25, 0.3) is 0 Å². The zero-order chi connectivity index (χ0) is 21.0. The Bertz CT molecular complexity index is 1080. The van der Waals surface area contributed by atoms with Crippen LogP contribution in [0.5, 0.6) is 0 Å². The van der Waals surface area contributed by atoms with Gasteiger partial charge in [-0.05, 0) is 42.7 Å². The highest BCUT2D eigenvalue weighted by Gasteiger charge is 2.12. The summed E-state index contributed by atoms with van der Waals surface area (Å²) in [6.45, 7) is 4.53. The quantitative estimate of drug-likeness (QED) is 0.597. The molecule has 0 atom stereocenters. The summed E-state index contributed by atoms with van der Waals surface area (Å²) in [7, 11) is 0. The van der Waals surface area contributed by atoms with Gasteiger partial charge in [0.1, 0.15) is 0 Å². The summed E-state index contributed by atoms with van der Waals surface area (Å²) in [6.07, 6.45) is 1.89. The van der Waals surface area contributed by atoms with Gasteiger partial charge >= 0.3 is 0 Å². The van der Waals surface area contributed by atoms with Crippen LogP contribution in [0.1, 0.15) is 48.8 Å². The summed E-state index contributed by atoms with van der Waals surface area (Å²) < 4.78 is 0.